The number of halogens is 2. The highest BCUT2D eigenvalue weighted by molar-refractivity contribution is 6.21. The molecule has 0 saturated carbocycles. The minimum atomic E-state index is -1.08. The number of alkyl halides is 1. The molecule has 0 heterocycles. The van der Waals surface area contributed by atoms with Crippen LogP contribution in [0.15, 0.2) is 30.3 Å². The monoisotopic (exact) mass is 431 g/mol. The summed E-state index contributed by atoms with van der Waals surface area (Å²) in [6.07, 6.45) is 14.5. The minimum absolute atomic E-state index is 0.0269. The predicted molar refractivity (Wildman–Crippen MR) is 119 cm³/mol. The van der Waals surface area contributed by atoms with Crippen LogP contribution in [0.3, 0.4) is 0 Å². The summed E-state index contributed by atoms with van der Waals surface area (Å²) in [5.41, 5.74) is 1.21. The second-order valence-electron chi connectivity index (χ2n) is 7.68. The van der Waals surface area contributed by atoms with E-state index in [4.69, 9.17) is 33.3 Å². The molecular formula is C23H39Cl2NO2. The third-order valence-electron chi connectivity index (χ3n) is 4.71. The fourth-order valence-electron chi connectivity index (χ4n) is 3.11. The molecule has 0 radical (unpaired) electrons. The Morgan fingerprint density at radius 1 is 0.964 bits per heavy atom. The molecule has 0 bridgehead atoms. The van der Waals surface area contributed by atoms with Gasteiger partial charge in [-0.05, 0) is 13.3 Å². The number of benzene rings is 1. The van der Waals surface area contributed by atoms with Gasteiger partial charge in [0, 0.05) is 18.0 Å². The minimum Gasteiger partial charge on any atom is -0.550 e. The van der Waals surface area contributed by atoms with Crippen molar-refractivity contribution in [3.8, 4) is 0 Å². The third kappa shape index (κ3) is 16.2. The highest BCUT2D eigenvalue weighted by Gasteiger charge is 2.29. The summed E-state index contributed by atoms with van der Waals surface area (Å²) in [4.78, 5) is 8.89. The Morgan fingerprint density at radius 3 is 1.86 bits per heavy atom. The van der Waals surface area contributed by atoms with Crippen LogP contribution in [0.25, 0.3) is 0 Å². The lowest BCUT2D eigenvalue weighted by Gasteiger charge is -2.29. The number of carbonyl (C=O) groups excluding carboxylic acids is 1. The van der Waals surface area contributed by atoms with Crippen molar-refractivity contribution in [1.82, 2.24) is 0 Å². The molecule has 1 rings (SSSR count). The van der Waals surface area contributed by atoms with Gasteiger partial charge in [-0.15, -0.1) is 0 Å². The quantitative estimate of drug-likeness (QED) is 0.147. The van der Waals surface area contributed by atoms with Crippen molar-refractivity contribution in [2.75, 3.05) is 7.05 Å². The molecule has 162 valence electrons. The second-order valence-corrected chi connectivity index (χ2v) is 8.96. The third-order valence-corrected chi connectivity index (χ3v) is 5.82. The second kappa shape index (κ2) is 17.1. The van der Waals surface area contributed by atoms with Crippen LogP contribution in [0.1, 0.15) is 90.0 Å². The Bertz CT molecular complexity index is 491. The van der Waals surface area contributed by atoms with E-state index < -0.39 is 5.97 Å². The lowest BCUT2D eigenvalue weighted by molar-refractivity contribution is -0.821. The van der Waals surface area contributed by atoms with Gasteiger partial charge in [-0.2, -0.15) is 0 Å². The number of quaternary nitrogens is 1. The molecule has 2 atom stereocenters. The average Bonchev–Trinajstić information content (AvgIpc) is 2.63. The first-order chi connectivity index (χ1) is 13.3. The Kier molecular flexibility index (Phi) is 16.6. The predicted octanol–water partition coefficient (Wildman–Crippen LogP) is 6.42. The van der Waals surface area contributed by atoms with Gasteiger partial charge in [-0.3, -0.25) is 0 Å². The highest BCUT2D eigenvalue weighted by atomic mass is 35.5. The molecule has 1 aromatic carbocycles. The zero-order valence-corrected chi connectivity index (χ0v) is 19.5. The van der Waals surface area contributed by atoms with E-state index in [1.807, 2.05) is 13.1 Å². The van der Waals surface area contributed by atoms with E-state index in [0.29, 0.717) is 4.00 Å². The molecule has 0 N–H and O–H groups in total. The van der Waals surface area contributed by atoms with Gasteiger partial charge in [0.05, 0.1) is 7.05 Å². The molecule has 0 aliphatic carbocycles. The van der Waals surface area contributed by atoms with Gasteiger partial charge in [0.15, 0.2) is 17.3 Å². The number of carbonyl (C=O) groups is 1. The SMILES string of the molecule is CC(=O)[O-].CCCCCCCCCCCCC(Cl)[N+](C)(Cl)Cc1ccccc1. The largest absolute Gasteiger partial charge is 0.550 e. The Labute approximate surface area is 182 Å². The number of carboxylic acids is 1. The van der Waals surface area contributed by atoms with Crippen LogP contribution in [-0.2, 0) is 11.3 Å². The molecule has 1 aromatic rings. The van der Waals surface area contributed by atoms with Crippen molar-refractivity contribution in [1.29, 1.82) is 0 Å². The van der Waals surface area contributed by atoms with E-state index in [-0.39, 0.29) is 5.50 Å². The first kappa shape index (κ1) is 27.2. The molecule has 0 amide bonds. The maximum absolute atomic E-state index is 8.89. The number of rotatable bonds is 14. The number of nitrogens with zero attached hydrogens (tertiary/aromatic N) is 1. The van der Waals surface area contributed by atoms with Crippen molar-refractivity contribution in [2.45, 2.75) is 96.5 Å². The molecule has 3 nitrogen and oxygen atoms in total. The lowest BCUT2D eigenvalue weighted by atomic mass is 10.1. The first-order valence-electron chi connectivity index (χ1n) is 10.7. The van der Waals surface area contributed by atoms with Gasteiger partial charge in [-0.1, -0.05) is 107 Å². The Morgan fingerprint density at radius 2 is 1.39 bits per heavy atom. The smallest absolute Gasteiger partial charge is 0.181 e. The number of hydrogen-bond donors (Lipinski definition) is 0. The molecule has 2 unspecified atom stereocenters. The summed E-state index contributed by atoms with van der Waals surface area (Å²) in [7, 11) is 2.02. The van der Waals surface area contributed by atoms with Gasteiger partial charge >= 0.3 is 0 Å². The zero-order valence-electron chi connectivity index (χ0n) is 18.0. The van der Waals surface area contributed by atoms with Gasteiger partial charge < -0.3 is 9.90 Å². The van der Waals surface area contributed by atoms with Crippen molar-refractivity contribution in [3.63, 3.8) is 0 Å². The van der Waals surface area contributed by atoms with E-state index in [9.17, 15) is 0 Å². The summed E-state index contributed by atoms with van der Waals surface area (Å²) in [6.45, 7) is 4.02. The van der Waals surface area contributed by atoms with Crippen molar-refractivity contribution < 1.29 is 13.9 Å². The number of unbranched alkanes of at least 4 members (excludes halogenated alkanes) is 9. The Hall–Kier alpha value is -0.770. The molecule has 0 aliphatic rings. The topological polar surface area (TPSA) is 40.1 Å². The standard InChI is InChI=1S/C21H36Cl2N.C2H4O2/c1-3-4-5-6-7-8-9-10-11-15-18-21(22)24(2,23)19-20-16-13-12-14-17-20;1-2(3)4/h12-14,16-17,21H,3-11,15,18-19H2,1-2H3;1H3,(H,3,4)/q+1;/p-1. The van der Waals surface area contributed by atoms with Gasteiger partial charge in [0.2, 0.25) is 0 Å². The van der Waals surface area contributed by atoms with E-state index >= 15 is 0 Å². The average molecular weight is 432 g/mol. The molecule has 0 spiro atoms. The fraction of sp³-hybridized carbons (Fsp3) is 0.696. The van der Waals surface area contributed by atoms with E-state index in [1.165, 1.54) is 69.8 Å². The molecule has 0 aromatic heterocycles. The first-order valence-corrected chi connectivity index (χ1v) is 11.5. The Balaban J connectivity index is 0.00000165. The van der Waals surface area contributed by atoms with Gasteiger partial charge in [0.1, 0.15) is 6.54 Å². The van der Waals surface area contributed by atoms with Crippen molar-refractivity contribution in [3.05, 3.63) is 35.9 Å². The van der Waals surface area contributed by atoms with E-state index in [1.54, 1.807) is 0 Å². The van der Waals surface area contributed by atoms with Crippen LogP contribution < -0.4 is 5.11 Å². The van der Waals surface area contributed by atoms with E-state index in [0.717, 1.165) is 19.9 Å². The number of carboxylic acid groups (broad SMARTS) is 1. The maximum Gasteiger partial charge on any atom is 0.181 e. The molecule has 0 fully saturated rings. The van der Waals surface area contributed by atoms with Crippen LogP contribution in [-0.4, -0.2) is 22.5 Å². The molecule has 0 aliphatic heterocycles. The summed E-state index contributed by atoms with van der Waals surface area (Å²) < 4.78 is 0.336. The lowest BCUT2D eigenvalue weighted by Crippen LogP contribution is -2.39. The van der Waals surface area contributed by atoms with Crippen LogP contribution in [0.5, 0.6) is 0 Å². The number of aliphatic carboxylic acids is 1. The van der Waals surface area contributed by atoms with E-state index in [2.05, 4.69) is 31.2 Å². The van der Waals surface area contributed by atoms with Crippen molar-refractivity contribution >= 4 is 29.3 Å². The summed E-state index contributed by atoms with van der Waals surface area (Å²) in [6, 6.07) is 10.4. The number of hydrogen-bond acceptors (Lipinski definition) is 2. The fourth-order valence-corrected chi connectivity index (χ4v) is 3.57. The van der Waals surface area contributed by atoms with Crippen LogP contribution >= 0.6 is 23.4 Å². The molecule has 28 heavy (non-hydrogen) atoms. The summed E-state index contributed by atoms with van der Waals surface area (Å²) in [5.74, 6) is -1.08. The molecular weight excluding hydrogens is 393 g/mol. The summed E-state index contributed by atoms with van der Waals surface area (Å²) in [5, 5.41) is 8.89. The highest BCUT2D eigenvalue weighted by Crippen LogP contribution is 2.27. The van der Waals surface area contributed by atoms with Gasteiger partial charge in [0.25, 0.3) is 0 Å². The van der Waals surface area contributed by atoms with Crippen LogP contribution in [0, 0.1) is 0 Å². The maximum atomic E-state index is 8.89. The summed E-state index contributed by atoms with van der Waals surface area (Å²) >= 11 is 13.2. The van der Waals surface area contributed by atoms with Crippen LogP contribution in [0.4, 0.5) is 0 Å². The zero-order chi connectivity index (χ0) is 21.3. The normalized spacial score (nSPS) is 13.9. The van der Waals surface area contributed by atoms with Gasteiger partial charge in [-0.25, -0.2) is 4.00 Å². The van der Waals surface area contributed by atoms with Crippen LogP contribution in [0.2, 0.25) is 0 Å². The van der Waals surface area contributed by atoms with Crippen molar-refractivity contribution in [2.24, 2.45) is 0 Å². The molecule has 0 saturated heterocycles. The molecule has 5 heteroatoms.